The molecule has 0 spiro atoms. The molecule has 0 saturated heterocycles. The van der Waals surface area contributed by atoms with Gasteiger partial charge in [-0.15, -0.1) is 0 Å². The number of nitrogens with zero attached hydrogens (tertiary/aromatic N) is 1. The van der Waals surface area contributed by atoms with Gasteiger partial charge in [-0.25, -0.2) is 0 Å². The van der Waals surface area contributed by atoms with E-state index in [1.807, 2.05) is 19.9 Å². The van der Waals surface area contributed by atoms with Crippen LogP contribution in [0.25, 0.3) is 6.08 Å². The SMILES string of the molecule is CC(C)=CCCC(C)(O)/C=C/c1cc(C#N)ccc1O. The summed E-state index contributed by atoms with van der Waals surface area (Å²) < 4.78 is 0. The van der Waals surface area contributed by atoms with Crippen LogP contribution in [0.2, 0.25) is 0 Å². The Morgan fingerprint density at radius 3 is 2.70 bits per heavy atom. The van der Waals surface area contributed by atoms with Crippen molar-refractivity contribution in [3.63, 3.8) is 0 Å². The van der Waals surface area contributed by atoms with E-state index >= 15 is 0 Å². The predicted molar refractivity (Wildman–Crippen MR) is 81.1 cm³/mol. The molecule has 1 unspecified atom stereocenters. The predicted octanol–water partition coefficient (Wildman–Crippen LogP) is 3.77. The van der Waals surface area contributed by atoms with Gasteiger partial charge in [0.25, 0.3) is 0 Å². The van der Waals surface area contributed by atoms with E-state index in [-0.39, 0.29) is 5.75 Å². The number of phenols is 1. The van der Waals surface area contributed by atoms with Gasteiger partial charge in [0.05, 0.1) is 17.2 Å². The second kappa shape index (κ2) is 6.93. The third-order valence-electron chi connectivity index (χ3n) is 2.98. The minimum atomic E-state index is -0.943. The van der Waals surface area contributed by atoms with Gasteiger partial charge in [0.1, 0.15) is 5.75 Å². The molecule has 3 heteroatoms. The minimum Gasteiger partial charge on any atom is -0.507 e. The molecule has 0 saturated carbocycles. The zero-order chi connectivity index (χ0) is 15.2. The van der Waals surface area contributed by atoms with Crippen molar-refractivity contribution in [2.75, 3.05) is 0 Å². The quantitative estimate of drug-likeness (QED) is 0.801. The molecule has 0 aliphatic heterocycles. The van der Waals surface area contributed by atoms with Crippen LogP contribution in [0.4, 0.5) is 0 Å². The molecule has 0 aromatic heterocycles. The lowest BCUT2D eigenvalue weighted by Gasteiger charge is -2.18. The van der Waals surface area contributed by atoms with Crippen LogP contribution in [0.5, 0.6) is 5.75 Å². The second-order valence-electron chi connectivity index (χ2n) is 5.40. The average molecular weight is 271 g/mol. The molecule has 1 atom stereocenters. The monoisotopic (exact) mass is 271 g/mol. The van der Waals surface area contributed by atoms with Crippen molar-refractivity contribution < 1.29 is 10.2 Å². The van der Waals surface area contributed by atoms with Gasteiger partial charge in [-0.3, -0.25) is 0 Å². The Balaban J connectivity index is 2.80. The minimum absolute atomic E-state index is 0.0975. The Morgan fingerprint density at radius 1 is 1.40 bits per heavy atom. The van der Waals surface area contributed by atoms with Gasteiger partial charge in [0.15, 0.2) is 0 Å². The Labute approximate surface area is 120 Å². The highest BCUT2D eigenvalue weighted by Gasteiger charge is 2.15. The lowest BCUT2D eigenvalue weighted by Crippen LogP contribution is -2.19. The van der Waals surface area contributed by atoms with E-state index in [2.05, 4.69) is 6.08 Å². The summed E-state index contributed by atoms with van der Waals surface area (Å²) in [7, 11) is 0. The van der Waals surface area contributed by atoms with Crippen LogP contribution in [-0.2, 0) is 0 Å². The van der Waals surface area contributed by atoms with Crippen LogP contribution in [0.15, 0.2) is 35.9 Å². The lowest BCUT2D eigenvalue weighted by atomic mass is 9.97. The maximum atomic E-state index is 10.2. The normalized spacial score (nSPS) is 13.8. The molecule has 0 aliphatic rings. The van der Waals surface area contributed by atoms with Crippen LogP contribution in [-0.4, -0.2) is 15.8 Å². The molecule has 0 fully saturated rings. The van der Waals surface area contributed by atoms with Gasteiger partial charge in [-0.2, -0.15) is 5.26 Å². The third kappa shape index (κ3) is 5.29. The molecule has 0 heterocycles. The Hall–Kier alpha value is -2.05. The largest absolute Gasteiger partial charge is 0.507 e. The number of phenolic OH excluding ortho intramolecular Hbond substituents is 1. The number of hydrogen-bond donors (Lipinski definition) is 2. The molecule has 106 valence electrons. The lowest BCUT2D eigenvalue weighted by molar-refractivity contribution is 0.104. The summed E-state index contributed by atoms with van der Waals surface area (Å²) in [6, 6.07) is 6.66. The van der Waals surface area contributed by atoms with Gasteiger partial charge >= 0.3 is 0 Å². The molecule has 0 aliphatic carbocycles. The summed E-state index contributed by atoms with van der Waals surface area (Å²) in [5.41, 5.74) is 1.29. The van der Waals surface area contributed by atoms with Gasteiger partial charge in [0.2, 0.25) is 0 Å². The smallest absolute Gasteiger partial charge is 0.122 e. The summed E-state index contributed by atoms with van der Waals surface area (Å²) in [5, 5.41) is 28.8. The van der Waals surface area contributed by atoms with E-state index in [0.717, 1.165) is 6.42 Å². The van der Waals surface area contributed by atoms with E-state index in [1.165, 1.54) is 11.6 Å². The Bertz CT molecular complexity index is 559. The first-order valence-corrected chi connectivity index (χ1v) is 6.62. The van der Waals surface area contributed by atoms with E-state index in [0.29, 0.717) is 17.5 Å². The standard InChI is InChI=1S/C17H21NO2/c1-13(2)5-4-9-17(3,20)10-8-15-11-14(12-18)6-7-16(15)19/h5-8,10-11,19-20H,4,9H2,1-3H3/b10-8+. The molecule has 2 N–H and O–H groups in total. The van der Waals surface area contributed by atoms with Crippen LogP contribution in [0.1, 0.15) is 44.7 Å². The van der Waals surface area contributed by atoms with Crippen molar-refractivity contribution in [3.05, 3.63) is 47.1 Å². The number of benzene rings is 1. The molecular formula is C17H21NO2. The van der Waals surface area contributed by atoms with Crippen LogP contribution < -0.4 is 0 Å². The molecule has 1 aromatic carbocycles. The molecule has 0 bridgehead atoms. The van der Waals surface area contributed by atoms with E-state index < -0.39 is 5.60 Å². The number of aliphatic hydroxyl groups is 1. The highest BCUT2D eigenvalue weighted by molar-refractivity contribution is 5.60. The third-order valence-corrected chi connectivity index (χ3v) is 2.98. The fraction of sp³-hybridized carbons (Fsp3) is 0.353. The van der Waals surface area contributed by atoms with Crippen LogP contribution in [0, 0.1) is 11.3 Å². The number of allylic oxidation sites excluding steroid dienone is 2. The van der Waals surface area contributed by atoms with Crippen molar-refractivity contribution in [1.82, 2.24) is 0 Å². The first-order chi connectivity index (χ1) is 9.34. The van der Waals surface area contributed by atoms with E-state index in [4.69, 9.17) is 5.26 Å². The number of hydrogen-bond acceptors (Lipinski definition) is 3. The molecular weight excluding hydrogens is 250 g/mol. The summed E-state index contributed by atoms with van der Waals surface area (Å²) in [6.45, 7) is 5.78. The first-order valence-electron chi connectivity index (χ1n) is 6.62. The maximum absolute atomic E-state index is 10.2. The van der Waals surface area contributed by atoms with Crippen LogP contribution >= 0.6 is 0 Å². The number of aromatic hydroxyl groups is 1. The molecule has 1 aromatic rings. The van der Waals surface area contributed by atoms with Crippen molar-refractivity contribution in [2.24, 2.45) is 0 Å². The van der Waals surface area contributed by atoms with E-state index in [9.17, 15) is 10.2 Å². The highest BCUT2D eigenvalue weighted by Crippen LogP contribution is 2.22. The van der Waals surface area contributed by atoms with Crippen molar-refractivity contribution in [3.8, 4) is 11.8 Å². The first kappa shape index (κ1) is 16.0. The van der Waals surface area contributed by atoms with Crippen molar-refractivity contribution in [1.29, 1.82) is 5.26 Å². The topological polar surface area (TPSA) is 64.2 Å². The highest BCUT2D eigenvalue weighted by atomic mass is 16.3. The summed E-state index contributed by atoms with van der Waals surface area (Å²) >= 11 is 0. The zero-order valence-corrected chi connectivity index (χ0v) is 12.2. The van der Waals surface area contributed by atoms with Gasteiger partial charge < -0.3 is 10.2 Å². The maximum Gasteiger partial charge on any atom is 0.122 e. The van der Waals surface area contributed by atoms with E-state index in [1.54, 1.807) is 31.2 Å². The molecule has 20 heavy (non-hydrogen) atoms. The fourth-order valence-electron chi connectivity index (χ4n) is 1.76. The van der Waals surface area contributed by atoms with Crippen LogP contribution in [0.3, 0.4) is 0 Å². The molecule has 0 amide bonds. The Kier molecular flexibility index (Phi) is 5.54. The Morgan fingerprint density at radius 2 is 2.10 bits per heavy atom. The van der Waals surface area contributed by atoms with Gasteiger partial charge in [0, 0.05) is 5.56 Å². The summed E-state index contributed by atoms with van der Waals surface area (Å²) in [4.78, 5) is 0. The molecule has 1 rings (SSSR count). The molecule has 0 radical (unpaired) electrons. The van der Waals surface area contributed by atoms with Gasteiger partial charge in [-0.1, -0.05) is 23.8 Å². The number of rotatable bonds is 5. The summed E-state index contributed by atoms with van der Waals surface area (Å²) in [5.74, 6) is 0.0975. The summed E-state index contributed by atoms with van der Waals surface area (Å²) in [6.07, 6.45) is 6.79. The van der Waals surface area contributed by atoms with Crippen molar-refractivity contribution in [2.45, 2.75) is 39.2 Å². The fourth-order valence-corrected chi connectivity index (χ4v) is 1.76. The second-order valence-corrected chi connectivity index (χ2v) is 5.40. The molecule has 3 nitrogen and oxygen atoms in total. The number of nitriles is 1. The van der Waals surface area contributed by atoms with Crippen molar-refractivity contribution >= 4 is 6.08 Å². The van der Waals surface area contributed by atoms with Gasteiger partial charge in [-0.05, 0) is 51.8 Å². The zero-order valence-electron chi connectivity index (χ0n) is 12.2. The average Bonchev–Trinajstić information content (AvgIpc) is 2.37.